The summed E-state index contributed by atoms with van der Waals surface area (Å²) in [5.74, 6) is 0. The molecule has 0 radical (unpaired) electrons. The molecule has 0 aromatic carbocycles. The highest BCUT2D eigenvalue weighted by molar-refractivity contribution is 5.85. The van der Waals surface area contributed by atoms with E-state index in [2.05, 4.69) is 10.3 Å². The van der Waals surface area contributed by atoms with Crippen molar-refractivity contribution in [3.8, 4) is 0 Å². The number of aryl methyl sites for hydroxylation is 1. The van der Waals surface area contributed by atoms with E-state index in [1.165, 1.54) is 0 Å². The van der Waals surface area contributed by atoms with Gasteiger partial charge in [0.25, 0.3) is 0 Å². The smallest absolute Gasteiger partial charge is 0.411 e. The fraction of sp³-hybridized carbons (Fsp3) is 0.333. The summed E-state index contributed by atoms with van der Waals surface area (Å²) in [6.45, 7) is 4.02. The molecule has 0 aliphatic rings. The maximum atomic E-state index is 11.0. The van der Waals surface area contributed by atoms with Gasteiger partial charge in [-0.05, 0) is 25.5 Å². The monoisotopic (exact) mass is 180 g/mol. The summed E-state index contributed by atoms with van der Waals surface area (Å²) in [5.41, 5.74) is 1.64. The van der Waals surface area contributed by atoms with Gasteiger partial charge in [-0.15, -0.1) is 0 Å². The number of aromatic nitrogens is 1. The van der Waals surface area contributed by atoms with Crippen molar-refractivity contribution < 1.29 is 9.53 Å². The van der Waals surface area contributed by atoms with Gasteiger partial charge in [-0.25, -0.2) is 4.79 Å². The van der Waals surface area contributed by atoms with Gasteiger partial charge in [0.2, 0.25) is 0 Å². The number of carbonyl (C=O) groups excluding carboxylic acids is 1. The highest BCUT2D eigenvalue weighted by Gasteiger charge is 2.03. The highest BCUT2D eigenvalue weighted by atomic mass is 16.5. The van der Waals surface area contributed by atoms with Crippen LogP contribution in [0.3, 0.4) is 0 Å². The van der Waals surface area contributed by atoms with E-state index in [1.54, 1.807) is 19.3 Å². The number of nitrogens with one attached hydrogen (secondary N) is 1. The molecule has 0 aliphatic heterocycles. The predicted molar refractivity (Wildman–Crippen MR) is 49.6 cm³/mol. The number of pyridine rings is 1. The fourth-order valence-corrected chi connectivity index (χ4v) is 0.872. The first-order chi connectivity index (χ1) is 6.24. The lowest BCUT2D eigenvalue weighted by Gasteiger charge is -2.06. The molecule has 0 aliphatic carbocycles. The number of hydrogen-bond acceptors (Lipinski definition) is 3. The lowest BCUT2D eigenvalue weighted by molar-refractivity contribution is 0.168. The second-order valence-electron chi connectivity index (χ2n) is 2.54. The molecule has 1 rings (SSSR count). The molecule has 1 N–H and O–H groups in total. The summed E-state index contributed by atoms with van der Waals surface area (Å²) < 4.78 is 4.72. The summed E-state index contributed by atoms with van der Waals surface area (Å²) >= 11 is 0. The van der Waals surface area contributed by atoms with E-state index in [0.717, 1.165) is 5.56 Å². The Morgan fingerprint density at radius 2 is 2.46 bits per heavy atom. The summed E-state index contributed by atoms with van der Waals surface area (Å²) in [6.07, 6.45) is 2.82. The molecule has 0 unspecified atom stereocenters. The summed E-state index contributed by atoms with van der Waals surface area (Å²) in [6, 6.07) is 1.82. The van der Waals surface area contributed by atoms with Gasteiger partial charge in [-0.1, -0.05) is 0 Å². The maximum Gasteiger partial charge on any atom is 0.411 e. The zero-order valence-electron chi connectivity index (χ0n) is 7.70. The number of hydrogen-bond donors (Lipinski definition) is 1. The number of amides is 1. The average molecular weight is 180 g/mol. The quantitative estimate of drug-likeness (QED) is 0.756. The van der Waals surface area contributed by atoms with Gasteiger partial charge in [0.1, 0.15) is 0 Å². The number of nitrogens with zero attached hydrogens (tertiary/aromatic N) is 1. The molecule has 1 amide bonds. The number of carbonyl (C=O) groups is 1. The summed E-state index contributed by atoms with van der Waals surface area (Å²) in [5, 5.41) is 2.59. The van der Waals surface area contributed by atoms with Gasteiger partial charge < -0.3 is 4.74 Å². The van der Waals surface area contributed by atoms with Gasteiger partial charge in [0, 0.05) is 6.20 Å². The Kier molecular flexibility index (Phi) is 3.25. The molecule has 1 heterocycles. The molecule has 0 saturated carbocycles. The van der Waals surface area contributed by atoms with Crippen LogP contribution >= 0.6 is 0 Å². The van der Waals surface area contributed by atoms with Gasteiger partial charge in [-0.2, -0.15) is 0 Å². The lowest BCUT2D eigenvalue weighted by atomic mass is 10.2. The topological polar surface area (TPSA) is 51.2 Å². The van der Waals surface area contributed by atoms with Crippen molar-refractivity contribution in [2.45, 2.75) is 13.8 Å². The van der Waals surface area contributed by atoms with Crippen molar-refractivity contribution in [2.75, 3.05) is 11.9 Å². The Morgan fingerprint density at radius 1 is 1.69 bits per heavy atom. The van der Waals surface area contributed by atoms with Crippen molar-refractivity contribution in [2.24, 2.45) is 0 Å². The van der Waals surface area contributed by atoms with Gasteiger partial charge >= 0.3 is 6.09 Å². The molecule has 1 aromatic heterocycles. The zero-order valence-corrected chi connectivity index (χ0v) is 7.70. The Morgan fingerprint density at radius 3 is 3.08 bits per heavy atom. The van der Waals surface area contributed by atoms with Gasteiger partial charge in [-0.3, -0.25) is 10.3 Å². The molecule has 1 aromatic rings. The normalized spacial score (nSPS) is 9.38. The largest absolute Gasteiger partial charge is 0.450 e. The minimum atomic E-state index is -0.446. The first-order valence-corrected chi connectivity index (χ1v) is 4.08. The second kappa shape index (κ2) is 4.45. The average Bonchev–Trinajstić information content (AvgIpc) is 2.09. The summed E-state index contributed by atoms with van der Waals surface area (Å²) in [4.78, 5) is 14.9. The first kappa shape index (κ1) is 9.51. The van der Waals surface area contributed by atoms with Crippen LogP contribution < -0.4 is 5.32 Å². The number of anilines is 1. The Balaban J connectivity index is 2.63. The van der Waals surface area contributed by atoms with Crippen molar-refractivity contribution in [1.82, 2.24) is 4.98 Å². The van der Waals surface area contributed by atoms with E-state index in [-0.39, 0.29) is 0 Å². The maximum absolute atomic E-state index is 11.0. The Bertz CT molecular complexity index is 299. The molecule has 0 fully saturated rings. The van der Waals surface area contributed by atoms with E-state index < -0.39 is 6.09 Å². The standard InChI is InChI=1S/C9H12N2O2/c1-3-13-9(12)11-8-6-10-5-4-7(8)2/h4-6H,3H2,1-2H3,(H,11,12). The van der Waals surface area contributed by atoms with Gasteiger partial charge in [0.15, 0.2) is 0 Å². The van der Waals surface area contributed by atoms with E-state index in [4.69, 9.17) is 4.74 Å². The van der Waals surface area contributed by atoms with Crippen LogP contribution in [-0.4, -0.2) is 17.7 Å². The first-order valence-electron chi connectivity index (χ1n) is 4.08. The van der Waals surface area contributed by atoms with Crippen molar-refractivity contribution in [3.63, 3.8) is 0 Å². The van der Waals surface area contributed by atoms with Crippen LogP contribution in [0.1, 0.15) is 12.5 Å². The number of rotatable bonds is 2. The van der Waals surface area contributed by atoms with Crippen LogP contribution in [0.2, 0.25) is 0 Å². The van der Waals surface area contributed by atoms with E-state index >= 15 is 0 Å². The summed E-state index contributed by atoms with van der Waals surface area (Å²) in [7, 11) is 0. The molecule has 4 nitrogen and oxygen atoms in total. The third-order valence-electron chi connectivity index (χ3n) is 1.55. The van der Waals surface area contributed by atoms with E-state index in [0.29, 0.717) is 12.3 Å². The molecule has 13 heavy (non-hydrogen) atoms. The van der Waals surface area contributed by atoms with Crippen LogP contribution in [0.4, 0.5) is 10.5 Å². The molecule has 70 valence electrons. The SMILES string of the molecule is CCOC(=O)Nc1cnccc1C. The molecule has 0 bridgehead atoms. The van der Waals surface area contributed by atoms with Crippen LogP contribution in [0.5, 0.6) is 0 Å². The number of ether oxygens (including phenoxy) is 1. The molecule has 4 heteroatoms. The third kappa shape index (κ3) is 2.74. The molecule has 0 atom stereocenters. The van der Waals surface area contributed by atoms with Crippen molar-refractivity contribution in [3.05, 3.63) is 24.0 Å². The van der Waals surface area contributed by atoms with Crippen LogP contribution in [0.25, 0.3) is 0 Å². The van der Waals surface area contributed by atoms with Crippen molar-refractivity contribution >= 4 is 11.8 Å². The molecular weight excluding hydrogens is 168 g/mol. The van der Waals surface area contributed by atoms with E-state index in [9.17, 15) is 4.79 Å². The van der Waals surface area contributed by atoms with Crippen LogP contribution in [0.15, 0.2) is 18.5 Å². The second-order valence-corrected chi connectivity index (χ2v) is 2.54. The molecule has 0 saturated heterocycles. The lowest BCUT2D eigenvalue weighted by Crippen LogP contribution is -2.14. The fourth-order valence-electron chi connectivity index (χ4n) is 0.872. The minimum Gasteiger partial charge on any atom is -0.450 e. The van der Waals surface area contributed by atoms with Crippen molar-refractivity contribution in [1.29, 1.82) is 0 Å². The Labute approximate surface area is 76.9 Å². The highest BCUT2D eigenvalue weighted by Crippen LogP contribution is 2.11. The van der Waals surface area contributed by atoms with E-state index in [1.807, 2.05) is 13.0 Å². The van der Waals surface area contributed by atoms with Crippen LogP contribution in [-0.2, 0) is 4.74 Å². The predicted octanol–water partition coefficient (Wildman–Crippen LogP) is 1.96. The molecule has 0 spiro atoms. The molecular formula is C9H12N2O2. The Hall–Kier alpha value is -1.58. The minimum absolute atomic E-state index is 0.366. The third-order valence-corrected chi connectivity index (χ3v) is 1.55. The van der Waals surface area contributed by atoms with Gasteiger partial charge in [0.05, 0.1) is 18.5 Å². The zero-order chi connectivity index (χ0) is 9.68. The van der Waals surface area contributed by atoms with Crippen LogP contribution in [0, 0.1) is 6.92 Å².